The largest absolute Gasteiger partial charge is 0.497 e. The highest BCUT2D eigenvalue weighted by Crippen LogP contribution is 2.15. The molecular formula is C22H26N4O5. The van der Waals surface area contributed by atoms with E-state index in [0.29, 0.717) is 29.2 Å². The second-order valence-corrected chi connectivity index (χ2v) is 6.62. The zero-order chi connectivity index (χ0) is 22.6. The van der Waals surface area contributed by atoms with Crippen molar-refractivity contribution in [1.29, 1.82) is 0 Å². The molecule has 0 aliphatic rings. The van der Waals surface area contributed by atoms with Gasteiger partial charge in [0.2, 0.25) is 0 Å². The Morgan fingerprint density at radius 2 is 1.81 bits per heavy atom. The van der Waals surface area contributed by atoms with Crippen LogP contribution in [0.5, 0.6) is 11.5 Å². The average Bonchev–Trinajstić information content (AvgIpc) is 2.78. The highest BCUT2D eigenvalue weighted by atomic mass is 16.5. The fourth-order valence-corrected chi connectivity index (χ4v) is 2.31. The molecule has 0 unspecified atom stereocenters. The minimum Gasteiger partial charge on any atom is -0.497 e. The predicted molar refractivity (Wildman–Crippen MR) is 117 cm³/mol. The molecule has 2 aromatic rings. The molecule has 9 nitrogen and oxygen atoms in total. The zero-order valence-electron chi connectivity index (χ0n) is 17.7. The molecule has 0 fully saturated rings. The smallest absolute Gasteiger partial charge is 0.329 e. The van der Waals surface area contributed by atoms with Gasteiger partial charge in [-0.2, -0.15) is 5.10 Å². The lowest BCUT2D eigenvalue weighted by molar-refractivity contribution is -0.139. The second kappa shape index (κ2) is 12.0. The Balaban J connectivity index is 1.82. The molecular weight excluding hydrogens is 400 g/mol. The van der Waals surface area contributed by atoms with E-state index in [1.54, 1.807) is 62.6 Å². The van der Waals surface area contributed by atoms with E-state index in [9.17, 15) is 14.4 Å². The molecule has 1 atom stereocenters. The topological polar surface area (TPSA) is 118 Å². The van der Waals surface area contributed by atoms with Gasteiger partial charge >= 0.3 is 11.8 Å². The van der Waals surface area contributed by atoms with E-state index in [1.165, 1.54) is 6.21 Å². The molecule has 2 rings (SSSR count). The molecule has 0 bridgehead atoms. The predicted octanol–water partition coefficient (Wildman–Crippen LogP) is 2.08. The summed E-state index contributed by atoms with van der Waals surface area (Å²) in [6.45, 7) is 3.52. The minimum atomic E-state index is -0.848. The molecule has 0 aliphatic carbocycles. The third-order valence-electron chi connectivity index (χ3n) is 4.18. The summed E-state index contributed by atoms with van der Waals surface area (Å²) in [5, 5.41) is 9.04. The highest BCUT2D eigenvalue weighted by molar-refractivity contribution is 6.35. The molecule has 0 saturated heterocycles. The van der Waals surface area contributed by atoms with Gasteiger partial charge in [0.05, 0.1) is 13.3 Å². The number of carbonyl (C=O) groups is 3. The lowest BCUT2D eigenvalue weighted by atomic mass is 10.2. The maximum Gasteiger partial charge on any atom is 0.329 e. The van der Waals surface area contributed by atoms with E-state index in [0.717, 1.165) is 0 Å². The normalized spacial score (nSPS) is 11.5. The maximum atomic E-state index is 12.1. The highest BCUT2D eigenvalue weighted by Gasteiger charge is 2.14. The lowest BCUT2D eigenvalue weighted by Crippen LogP contribution is -2.41. The number of hydrazone groups is 1. The Hall–Kier alpha value is -3.88. The van der Waals surface area contributed by atoms with Crippen LogP contribution in [-0.2, 0) is 14.4 Å². The number of ether oxygens (including phenoxy) is 2. The van der Waals surface area contributed by atoms with Crippen LogP contribution in [0.25, 0.3) is 0 Å². The number of carbonyl (C=O) groups excluding carboxylic acids is 3. The Labute approximate surface area is 180 Å². The number of methoxy groups -OCH3 is 1. The first kappa shape index (κ1) is 23.4. The van der Waals surface area contributed by atoms with Gasteiger partial charge in [0.1, 0.15) is 11.5 Å². The number of anilines is 1. The van der Waals surface area contributed by atoms with Crippen molar-refractivity contribution in [2.45, 2.75) is 26.3 Å². The van der Waals surface area contributed by atoms with Crippen LogP contribution in [0.1, 0.15) is 25.8 Å². The van der Waals surface area contributed by atoms with Crippen LogP contribution < -0.4 is 25.5 Å². The van der Waals surface area contributed by atoms with Crippen molar-refractivity contribution < 1.29 is 23.9 Å². The van der Waals surface area contributed by atoms with E-state index < -0.39 is 11.8 Å². The summed E-state index contributed by atoms with van der Waals surface area (Å²) >= 11 is 0. The second-order valence-electron chi connectivity index (χ2n) is 6.62. The molecule has 31 heavy (non-hydrogen) atoms. The minimum absolute atomic E-state index is 0.0991. The third kappa shape index (κ3) is 8.17. The fourth-order valence-electron chi connectivity index (χ4n) is 2.31. The molecule has 3 N–H and O–H groups in total. The van der Waals surface area contributed by atoms with Gasteiger partial charge in [-0.3, -0.25) is 14.4 Å². The molecule has 2 aromatic carbocycles. The maximum absolute atomic E-state index is 12.1. The van der Waals surface area contributed by atoms with Crippen LogP contribution in [0.15, 0.2) is 53.6 Å². The first-order chi connectivity index (χ1) is 14.9. The summed E-state index contributed by atoms with van der Waals surface area (Å²) in [6, 6.07) is 13.6. The number of nitrogens with zero attached hydrogens (tertiary/aromatic N) is 1. The standard InChI is InChI=1S/C22H26N4O5/c1-4-15(2)24-21(28)22(29)26-23-13-16-6-5-7-19(12-16)31-14-20(27)25-17-8-10-18(30-3)11-9-17/h5-13,15H,4,14H2,1-3H3,(H,24,28)(H,25,27)(H,26,29)/b23-13-/t15-/m1/s1. The average molecular weight is 426 g/mol. The van der Waals surface area contributed by atoms with Crippen LogP contribution in [0.4, 0.5) is 5.69 Å². The lowest BCUT2D eigenvalue weighted by Gasteiger charge is -2.09. The van der Waals surface area contributed by atoms with E-state index >= 15 is 0 Å². The van der Waals surface area contributed by atoms with Gasteiger partial charge in [-0.05, 0) is 55.3 Å². The number of hydrogen-bond donors (Lipinski definition) is 3. The number of benzene rings is 2. The monoisotopic (exact) mass is 426 g/mol. The Kier molecular flexibility index (Phi) is 9.03. The molecule has 0 aliphatic heterocycles. The summed E-state index contributed by atoms with van der Waals surface area (Å²) in [6.07, 6.45) is 2.09. The molecule has 3 amide bonds. The van der Waals surface area contributed by atoms with Crippen LogP contribution in [0.2, 0.25) is 0 Å². The number of nitrogens with one attached hydrogen (secondary N) is 3. The summed E-state index contributed by atoms with van der Waals surface area (Å²) in [5.41, 5.74) is 3.42. The molecule has 0 spiro atoms. The number of hydrogen-bond acceptors (Lipinski definition) is 6. The number of amides is 3. The van der Waals surface area contributed by atoms with Crippen molar-refractivity contribution in [1.82, 2.24) is 10.7 Å². The van der Waals surface area contributed by atoms with Crippen molar-refractivity contribution >= 4 is 29.6 Å². The quantitative estimate of drug-likeness (QED) is 0.322. The first-order valence-corrected chi connectivity index (χ1v) is 9.72. The first-order valence-electron chi connectivity index (χ1n) is 9.72. The van der Waals surface area contributed by atoms with Crippen LogP contribution >= 0.6 is 0 Å². The Morgan fingerprint density at radius 1 is 1.06 bits per heavy atom. The summed E-state index contributed by atoms with van der Waals surface area (Å²) < 4.78 is 10.6. The van der Waals surface area contributed by atoms with E-state index in [4.69, 9.17) is 9.47 Å². The van der Waals surface area contributed by atoms with Gasteiger partial charge in [-0.15, -0.1) is 0 Å². The van der Waals surface area contributed by atoms with Gasteiger partial charge < -0.3 is 20.1 Å². The number of rotatable bonds is 9. The molecule has 0 aromatic heterocycles. The summed E-state index contributed by atoms with van der Waals surface area (Å²) in [7, 11) is 1.57. The molecule has 0 saturated carbocycles. The molecule has 0 heterocycles. The van der Waals surface area contributed by atoms with Crippen LogP contribution in [0.3, 0.4) is 0 Å². The molecule has 0 radical (unpaired) electrons. The Bertz CT molecular complexity index is 928. The van der Waals surface area contributed by atoms with Gasteiger partial charge in [-0.1, -0.05) is 19.1 Å². The molecule has 9 heteroatoms. The van der Waals surface area contributed by atoms with Crippen molar-refractivity contribution in [2.24, 2.45) is 5.10 Å². The fraction of sp³-hybridized carbons (Fsp3) is 0.273. The van der Waals surface area contributed by atoms with Crippen molar-refractivity contribution in [2.75, 3.05) is 19.0 Å². The van der Waals surface area contributed by atoms with Crippen molar-refractivity contribution in [3.8, 4) is 11.5 Å². The van der Waals surface area contributed by atoms with Crippen molar-refractivity contribution in [3.63, 3.8) is 0 Å². The zero-order valence-corrected chi connectivity index (χ0v) is 17.7. The van der Waals surface area contributed by atoms with E-state index in [2.05, 4.69) is 21.2 Å². The Morgan fingerprint density at radius 3 is 2.48 bits per heavy atom. The van der Waals surface area contributed by atoms with E-state index in [-0.39, 0.29) is 18.6 Å². The summed E-state index contributed by atoms with van der Waals surface area (Å²) in [5.74, 6) is -0.760. The van der Waals surface area contributed by atoms with Gasteiger partial charge in [0.25, 0.3) is 5.91 Å². The van der Waals surface area contributed by atoms with Gasteiger partial charge in [0.15, 0.2) is 6.61 Å². The van der Waals surface area contributed by atoms with Crippen LogP contribution in [0, 0.1) is 0 Å². The van der Waals surface area contributed by atoms with Crippen molar-refractivity contribution in [3.05, 3.63) is 54.1 Å². The third-order valence-corrected chi connectivity index (χ3v) is 4.18. The SMILES string of the molecule is CC[C@@H](C)NC(=O)C(=O)N/N=C\c1cccc(OCC(=O)Nc2ccc(OC)cc2)c1. The van der Waals surface area contributed by atoms with Gasteiger partial charge in [-0.25, -0.2) is 5.43 Å². The molecule has 164 valence electrons. The summed E-state index contributed by atoms with van der Waals surface area (Å²) in [4.78, 5) is 35.4. The van der Waals surface area contributed by atoms with Crippen LogP contribution in [-0.4, -0.2) is 43.7 Å². The van der Waals surface area contributed by atoms with E-state index in [1.807, 2.05) is 6.92 Å². The van der Waals surface area contributed by atoms with Gasteiger partial charge in [0, 0.05) is 11.7 Å².